The van der Waals surface area contributed by atoms with Crippen LogP contribution in [0.3, 0.4) is 0 Å². The van der Waals surface area contributed by atoms with Crippen molar-refractivity contribution in [2.24, 2.45) is 11.3 Å². The number of benzene rings is 2. The third-order valence-electron chi connectivity index (χ3n) is 8.30. The van der Waals surface area contributed by atoms with Crippen molar-refractivity contribution in [2.75, 3.05) is 20.2 Å². The van der Waals surface area contributed by atoms with Gasteiger partial charge in [-0.2, -0.15) is 26.3 Å². The smallest absolute Gasteiger partial charge is 0.416 e. The third-order valence-corrected chi connectivity index (χ3v) is 8.30. The zero-order chi connectivity index (χ0) is 28.9. The van der Waals surface area contributed by atoms with E-state index in [0.717, 1.165) is 36.1 Å². The molecule has 2 aliphatic heterocycles. The zero-order valence-corrected chi connectivity index (χ0v) is 22.3. The van der Waals surface area contributed by atoms with Crippen LogP contribution in [-0.4, -0.2) is 32.2 Å². The minimum Gasteiger partial charge on any atom is -0.496 e. The highest BCUT2D eigenvalue weighted by Crippen LogP contribution is 2.53. The molecule has 1 saturated carbocycles. The van der Waals surface area contributed by atoms with E-state index < -0.39 is 41.3 Å². The van der Waals surface area contributed by atoms with Crippen LogP contribution < -0.4 is 20.1 Å². The molecule has 1 saturated heterocycles. The van der Waals surface area contributed by atoms with Crippen LogP contribution in [0, 0.1) is 11.3 Å². The first kappa shape index (κ1) is 28.6. The molecule has 1 amide bonds. The van der Waals surface area contributed by atoms with Crippen molar-refractivity contribution in [1.29, 1.82) is 0 Å². The lowest BCUT2D eigenvalue weighted by Crippen LogP contribution is -2.46. The molecule has 5 rings (SSSR count). The standard InChI is InChI=1S/C29H32F6N2O3/c1-16-7-19-11-25(39-2)22(13-24(19)40-16)23(10-17-3-4-17)27(5-6-36-15-27)26(38)37-14-18-8-20(28(30,31)32)12-21(9-18)29(33,34)35/h8-9,11-13,16-17,23,36H,3-7,10,14-15H2,1-2H3,(H,37,38). The third kappa shape index (κ3) is 5.75. The van der Waals surface area contributed by atoms with Gasteiger partial charge < -0.3 is 20.1 Å². The predicted octanol–water partition coefficient (Wildman–Crippen LogP) is 6.24. The predicted molar refractivity (Wildman–Crippen MR) is 135 cm³/mol. The highest BCUT2D eigenvalue weighted by Gasteiger charge is 2.51. The minimum absolute atomic E-state index is 0.0105. The van der Waals surface area contributed by atoms with Gasteiger partial charge in [0.15, 0.2) is 0 Å². The molecule has 2 fully saturated rings. The van der Waals surface area contributed by atoms with E-state index in [9.17, 15) is 31.1 Å². The molecule has 5 nitrogen and oxygen atoms in total. The normalized spacial score (nSPS) is 23.4. The Labute approximate surface area is 228 Å². The Morgan fingerprint density at radius 1 is 1.10 bits per heavy atom. The minimum atomic E-state index is -4.96. The summed E-state index contributed by atoms with van der Waals surface area (Å²) in [5.74, 6) is 1.11. The van der Waals surface area contributed by atoms with Gasteiger partial charge in [-0.3, -0.25) is 4.79 Å². The molecule has 0 spiro atoms. The van der Waals surface area contributed by atoms with Crippen LogP contribution >= 0.6 is 0 Å². The van der Waals surface area contributed by atoms with Crippen LogP contribution in [0.5, 0.6) is 11.5 Å². The van der Waals surface area contributed by atoms with Crippen LogP contribution in [0.2, 0.25) is 0 Å². The number of hydrogen-bond donors (Lipinski definition) is 2. The molecule has 11 heteroatoms. The van der Waals surface area contributed by atoms with E-state index >= 15 is 0 Å². The first-order valence-electron chi connectivity index (χ1n) is 13.4. The number of methoxy groups -OCH3 is 1. The van der Waals surface area contributed by atoms with E-state index in [2.05, 4.69) is 10.6 Å². The second kappa shape index (κ2) is 10.5. The van der Waals surface area contributed by atoms with E-state index in [1.165, 1.54) is 0 Å². The first-order chi connectivity index (χ1) is 18.8. The summed E-state index contributed by atoms with van der Waals surface area (Å²) in [6, 6.07) is 5.28. The van der Waals surface area contributed by atoms with Crippen LogP contribution in [0.1, 0.15) is 66.3 Å². The molecular weight excluding hydrogens is 538 g/mol. The van der Waals surface area contributed by atoms with Gasteiger partial charge in [0.2, 0.25) is 5.91 Å². The van der Waals surface area contributed by atoms with Crippen molar-refractivity contribution in [3.05, 3.63) is 58.1 Å². The summed E-state index contributed by atoms with van der Waals surface area (Å²) < 4.78 is 92.0. The Hall–Kier alpha value is -2.95. The second-order valence-corrected chi connectivity index (χ2v) is 11.2. The Bertz CT molecular complexity index is 1230. The number of alkyl halides is 6. The molecule has 2 N–H and O–H groups in total. The number of rotatable bonds is 8. The van der Waals surface area contributed by atoms with E-state index in [4.69, 9.17) is 9.47 Å². The Morgan fingerprint density at radius 2 is 1.77 bits per heavy atom. The van der Waals surface area contributed by atoms with Gasteiger partial charge in [-0.15, -0.1) is 0 Å². The van der Waals surface area contributed by atoms with E-state index in [-0.39, 0.29) is 23.7 Å². The number of carbonyl (C=O) groups is 1. The molecule has 0 radical (unpaired) electrons. The lowest BCUT2D eigenvalue weighted by molar-refractivity contribution is -0.143. The summed E-state index contributed by atoms with van der Waals surface area (Å²) in [4.78, 5) is 13.9. The molecule has 1 aliphatic carbocycles. The molecule has 2 aromatic carbocycles. The summed E-state index contributed by atoms with van der Waals surface area (Å²) in [5, 5.41) is 5.95. The zero-order valence-electron chi connectivity index (χ0n) is 22.3. The van der Waals surface area contributed by atoms with Crippen molar-refractivity contribution in [3.63, 3.8) is 0 Å². The fourth-order valence-corrected chi connectivity index (χ4v) is 6.08. The highest BCUT2D eigenvalue weighted by molar-refractivity contribution is 5.85. The van der Waals surface area contributed by atoms with Gasteiger partial charge >= 0.3 is 12.4 Å². The second-order valence-electron chi connectivity index (χ2n) is 11.2. The summed E-state index contributed by atoms with van der Waals surface area (Å²) >= 11 is 0. The van der Waals surface area contributed by atoms with Crippen LogP contribution in [0.4, 0.5) is 26.3 Å². The van der Waals surface area contributed by atoms with Crippen LogP contribution in [0.25, 0.3) is 0 Å². The molecule has 2 aromatic rings. The maximum absolute atomic E-state index is 13.9. The van der Waals surface area contributed by atoms with Gasteiger partial charge in [0.05, 0.1) is 23.7 Å². The SMILES string of the molecule is COc1cc2c(cc1C(CC1CC1)C1(C(=O)NCc3cc(C(F)(F)F)cc(C(F)(F)F)c3)CCNC1)OC(C)C2. The van der Waals surface area contributed by atoms with Gasteiger partial charge in [0.25, 0.3) is 0 Å². The average molecular weight is 571 g/mol. The number of carbonyl (C=O) groups excluding carboxylic acids is 1. The maximum Gasteiger partial charge on any atom is 0.416 e. The summed E-state index contributed by atoms with van der Waals surface area (Å²) in [6.45, 7) is 2.38. The molecule has 2 heterocycles. The van der Waals surface area contributed by atoms with E-state index in [1.54, 1.807) is 7.11 Å². The van der Waals surface area contributed by atoms with Crippen molar-refractivity contribution in [3.8, 4) is 11.5 Å². The van der Waals surface area contributed by atoms with Crippen LogP contribution in [0.15, 0.2) is 30.3 Å². The Balaban J connectivity index is 1.47. The maximum atomic E-state index is 13.9. The molecule has 40 heavy (non-hydrogen) atoms. The summed E-state index contributed by atoms with van der Waals surface area (Å²) in [5.41, 5.74) is -2.21. The molecule has 3 aliphatic rings. The number of hydrogen-bond acceptors (Lipinski definition) is 4. The lowest BCUT2D eigenvalue weighted by atomic mass is 9.67. The van der Waals surface area contributed by atoms with Gasteiger partial charge in [0, 0.05) is 36.6 Å². The molecule has 0 bridgehead atoms. The Morgan fingerprint density at radius 3 is 2.33 bits per heavy atom. The average Bonchev–Trinajstić information content (AvgIpc) is 3.43. The highest BCUT2D eigenvalue weighted by atomic mass is 19.4. The first-order valence-corrected chi connectivity index (χ1v) is 13.4. The number of halogens is 6. The molecule has 3 unspecified atom stereocenters. The monoisotopic (exact) mass is 570 g/mol. The fourth-order valence-electron chi connectivity index (χ4n) is 6.08. The summed E-state index contributed by atoms with van der Waals surface area (Å²) in [6.07, 6.45) is -5.93. The number of ether oxygens (including phenoxy) is 2. The van der Waals surface area contributed by atoms with Crippen molar-refractivity contribution < 1.29 is 40.6 Å². The molecular formula is C29H32F6N2O3. The van der Waals surface area contributed by atoms with Gasteiger partial charge in [-0.25, -0.2) is 0 Å². The molecule has 0 aromatic heterocycles. The van der Waals surface area contributed by atoms with E-state index in [1.807, 2.05) is 19.1 Å². The van der Waals surface area contributed by atoms with Gasteiger partial charge in [-0.05, 0) is 68.1 Å². The topological polar surface area (TPSA) is 59.6 Å². The molecule has 218 valence electrons. The van der Waals surface area contributed by atoms with Gasteiger partial charge in [-0.1, -0.05) is 12.8 Å². The largest absolute Gasteiger partial charge is 0.496 e. The van der Waals surface area contributed by atoms with Crippen LogP contribution in [-0.2, 0) is 30.1 Å². The Kier molecular flexibility index (Phi) is 7.48. The van der Waals surface area contributed by atoms with Gasteiger partial charge in [0.1, 0.15) is 17.6 Å². The fraction of sp³-hybridized carbons (Fsp3) is 0.552. The van der Waals surface area contributed by atoms with Crippen molar-refractivity contribution in [2.45, 2.75) is 69.9 Å². The number of nitrogens with one attached hydrogen (secondary N) is 2. The molecule has 3 atom stereocenters. The van der Waals surface area contributed by atoms with Crippen molar-refractivity contribution in [1.82, 2.24) is 10.6 Å². The summed E-state index contributed by atoms with van der Waals surface area (Å²) in [7, 11) is 1.57. The number of fused-ring (bicyclic) bond motifs is 1. The van der Waals surface area contributed by atoms with Crippen molar-refractivity contribution >= 4 is 5.91 Å². The van der Waals surface area contributed by atoms with E-state index in [0.29, 0.717) is 49.7 Å². The number of amides is 1. The quantitative estimate of drug-likeness (QED) is 0.369. The lowest BCUT2D eigenvalue weighted by Gasteiger charge is -2.37.